The fourth-order valence-corrected chi connectivity index (χ4v) is 99.4. The molecule has 0 amide bonds. The molecular formula is C14H34O2Si4. The van der Waals surface area contributed by atoms with Crippen LogP contribution in [0.2, 0.25) is 58.9 Å². The van der Waals surface area contributed by atoms with Crippen LogP contribution in [0.15, 0.2) is 11.8 Å². The van der Waals surface area contributed by atoms with Crippen molar-refractivity contribution in [2.24, 2.45) is 0 Å². The van der Waals surface area contributed by atoms with Gasteiger partial charge in [-0.05, 0) is 6.92 Å². The lowest BCUT2D eigenvalue weighted by Crippen LogP contribution is -2.81. The van der Waals surface area contributed by atoms with Crippen molar-refractivity contribution >= 4 is 35.4 Å². The van der Waals surface area contributed by atoms with Gasteiger partial charge >= 0.3 is 5.97 Å². The van der Waals surface area contributed by atoms with E-state index >= 15 is 0 Å². The predicted molar refractivity (Wildman–Crippen MR) is 102 cm³/mol. The standard InChI is InChI=1S/C14H34O2Si4/c1-11-16-14(15)12-13-20(17(2,3)4,18(5,6)7)19(8,9)10/h12-13H,11H2,1-10H3/b13-12+. The Morgan fingerprint density at radius 3 is 1.45 bits per heavy atom. The molecular weight excluding hydrogens is 312 g/mol. The molecule has 0 fully saturated rings. The summed E-state index contributed by atoms with van der Waals surface area (Å²) in [6, 6.07) is 0. The van der Waals surface area contributed by atoms with E-state index in [4.69, 9.17) is 4.74 Å². The average molecular weight is 347 g/mol. The monoisotopic (exact) mass is 346 g/mol. The molecule has 0 rings (SSSR count). The maximum atomic E-state index is 11.8. The third-order valence-corrected chi connectivity index (χ3v) is 75.4. The van der Waals surface area contributed by atoms with Gasteiger partial charge in [-0.25, -0.2) is 4.79 Å². The molecule has 0 saturated heterocycles. The van der Waals surface area contributed by atoms with Crippen molar-refractivity contribution in [2.75, 3.05) is 6.61 Å². The van der Waals surface area contributed by atoms with Gasteiger partial charge in [0.25, 0.3) is 0 Å². The second kappa shape index (κ2) is 6.46. The van der Waals surface area contributed by atoms with Gasteiger partial charge in [0.05, 0.1) is 13.2 Å². The summed E-state index contributed by atoms with van der Waals surface area (Å²) in [7, 11) is -3.99. The largest absolute Gasteiger partial charge is 0.463 e. The highest BCUT2D eigenvalue weighted by Crippen LogP contribution is 2.37. The van der Waals surface area contributed by atoms with Gasteiger partial charge in [-0.2, -0.15) is 0 Å². The molecule has 0 aliphatic rings. The minimum Gasteiger partial charge on any atom is -0.463 e. The highest BCUT2D eigenvalue weighted by atomic mass is 29.9. The van der Waals surface area contributed by atoms with Crippen LogP contribution in [-0.4, -0.2) is 42.0 Å². The second-order valence-electron chi connectivity index (χ2n) is 8.64. The Bertz CT molecular complexity index is 334. The lowest BCUT2D eigenvalue weighted by Gasteiger charge is -2.55. The Hall–Kier alpha value is 0.0775. The smallest absolute Gasteiger partial charge is 0.329 e. The number of esters is 1. The SMILES string of the molecule is CCOC(=O)/C=C/[Si]([Si](C)(C)C)([Si](C)(C)C)[Si](C)(C)C. The van der Waals surface area contributed by atoms with Crippen LogP contribution in [-0.2, 0) is 9.53 Å². The van der Waals surface area contributed by atoms with Crippen LogP contribution in [0.1, 0.15) is 6.92 Å². The lowest BCUT2D eigenvalue weighted by molar-refractivity contribution is -0.137. The molecule has 0 aliphatic carbocycles. The van der Waals surface area contributed by atoms with E-state index in [2.05, 4.69) is 64.6 Å². The van der Waals surface area contributed by atoms with Crippen LogP contribution in [0.3, 0.4) is 0 Å². The molecule has 0 radical (unpaired) electrons. The quantitative estimate of drug-likeness (QED) is 0.406. The van der Waals surface area contributed by atoms with Crippen LogP contribution in [0, 0.1) is 0 Å². The van der Waals surface area contributed by atoms with Gasteiger partial charge in [0, 0.05) is 28.9 Å². The maximum absolute atomic E-state index is 11.8. The van der Waals surface area contributed by atoms with Gasteiger partial charge in [0.2, 0.25) is 0 Å². The van der Waals surface area contributed by atoms with Crippen molar-refractivity contribution in [2.45, 2.75) is 65.8 Å². The minimum atomic E-state index is -1.56. The number of carbonyl (C=O) groups excluding carboxylic acids is 1. The summed E-state index contributed by atoms with van der Waals surface area (Å²) in [5.41, 5.74) is 2.41. The van der Waals surface area contributed by atoms with E-state index in [1.165, 1.54) is 0 Å². The fourth-order valence-electron chi connectivity index (χ4n) is 4.51. The molecule has 0 saturated carbocycles. The first-order chi connectivity index (χ1) is 8.70. The van der Waals surface area contributed by atoms with E-state index in [0.717, 1.165) is 0 Å². The Morgan fingerprint density at radius 1 is 0.850 bits per heavy atom. The Morgan fingerprint density at radius 2 is 1.20 bits per heavy atom. The topological polar surface area (TPSA) is 26.3 Å². The van der Waals surface area contributed by atoms with Gasteiger partial charge in [-0.3, -0.25) is 0 Å². The number of rotatable bonds is 6. The van der Waals surface area contributed by atoms with E-state index in [1.807, 2.05) is 6.92 Å². The second-order valence-corrected chi connectivity index (χ2v) is 49.2. The first-order valence-corrected chi connectivity index (χ1v) is 23.1. The first kappa shape index (κ1) is 20.1. The van der Waals surface area contributed by atoms with Crippen molar-refractivity contribution in [1.29, 1.82) is 0 Å². The number of ether oxygens (including phenoxy) is 1. The summed E-state index contributed by atoms with van der Waals surface area (Å²) in [6.07, 6.45) is 1.78. The third kappa shape index (κ3) is 4.05. The zero-order chi connectivity index (χ0) is 16.4. The summed E-state index contributed by atoms with van der Waals surface area (Å²) in [4.78, 5) is 11.8. The van der Waals surface area contributed by atoms with E-state index in [0.29, 0.717) is 6.61 Å². The summed E-state index contributed by atoms with van der Waals surface area (Å²) >= 11 is 0. The molecule has 0 aromatic carbocycles. The molecule has 0 spiro atoms. The molecule has 0 N–H and O–H groups in total. The number of hydrogen-bond donors (Lipinski definition) is 0. The predicted octanol–water partition coefficient (Wildman–Crippen LogP) is 4.34. The van der Waals surface area contributed by atoms with Crippen molar-refractivity contribution in [3.05, 3.63) is 11.8 Å². The van der Waals surface area contributed by atoms with Gasteiger partial charge in [0.15, 0.2) is 0 Å². The maximum Gasteiger partial charge on any atom is 0.329 e. The zero-order valence-electron chi connectivity index (χ0n) is 15.2. The van der Waals surface area contributed by atoms with Crippen LogP contribution < -0.4 is 0 Å². The first-order valence-electron chi connectivity index (χ1n) is 7.56. The molecule has 20 heavy (non-hydrogen) atoms. The molecule has 0 atom stereocenters. The van der Waals surface area contributed by atoms with Crippen LogP contribution in [0.5, 0.6) is 0 Å². The van der Waals surface area contributed by atoms with Crippen molar-refractivity contribution in [3.63, 3.8) is 0 Å². The summed E-state index contributed by atoms with van der Waals surface area (Å²) in [5.74, 6) is -0.154. The minimum absolute atomic E-state index is 0.154. The van der Waals surface area contributed by atoms with Crippen molar-refractivity contribution < 1.29 is 9.53 Å². The fraction of sp³-hybridized carbons (Fsp3) is 0.786. The van der Waals surface area contributed by atoms with E-state index in [1.54, 1.807) is 6.08 Å². The summed E-state index contributed by atoms with van der Waals surface area (Å²) < 4.78 is 5.12. The zero-order valence-corrected chi connectivity index (χ0v) is 19.2. The third-order valence-electron chi connectivity index (χ3n) is 4.31. The summed E-state index contributed by atoms with van der Waals surface area (Å²) in [6.45, 7) is 23.4. The lowest BCUT2D eigenvalue weighted by atomic mass is 10.6. The van der Waals surface area contributed by atoms with Crippen LogP contribution in [0.25, 0.3) is 0 Å². The van der Waals surface area contributed by atoms with Crippen molar-refractivity contribution in [3.8, 4) is 0 Å². The molecule has 0 bridgehead atoms. The van der Waals surface area contributed by atoms with Crippen LogP contribution in [0.4, 0.5) is 0 Å². The van der Waals surface area contributed by atoms with Gasteiger partial charge in [0.1, 0.15) is 0 Å². The molecule has 2 nitrogen and oxygen atoms in total. The summed E-state index contributed by atoms with van der Waals surface area (Å²) in [5, 5.41) is 0. The molecule has 0 heterocycles. The van der Waals surface area contributed by atoms with E-state index < -0.39 is 29.4 Å². The molecule has 0 unspecified atom stereocenters. The van der Waals surface area contributed by atoms with E-state index in [9.17, 15) is 4.79 Å². The highest BCUT2D eigenvalue weighted by molar-refractivity contribution is 7.90. The molecule has 0 aliphatic heterocycles. The van der Waals surface area contributed by atoms with Crippen molar-refractivity contribution in [1.82, 2.24) is 0 Å². The van der Waals surface area contributed by atoms with Gasteiger partial charge < -0.3 is 4.74 Å². The van der Waals surface area contributed by atoms with E-state index in [-0.39, 0.29) is 5.97 Å². The molecule has 118 valence electrons. The highest BCUT2D eigenvalue weighted by Gasteiger charge is 2.59. The number of carbonyl (C=O) groups is 1. The Balaban J connectivity index is 6.00. The normalized spacial score (nSPS) is 14.7. The van der Waals surface area contributed by atoms with Gasteiger partial charge in [-0.15, -0.1) is 0 Å². The Labute approximate surface area is 129 Å². The van der Waals surface area contributed by atoms with Gasteiger partial charge in [-0.1, -0.05) is 64.6 Å². The molecule has 0 aromatic heterocycles. The van der Waals surface area contributed by atoms with Crippen LogP contribution >= 0.6 is 0 Å². The Kier molecular flexibility index (Phi) is 6.48. The molecule has 6 heteroatoms. The molecule has 0 aromatic rings. The average Bonchev–Trinajstić information content (AvgIpc) is 2.11. The number of hydrogen-bond acceptors (Lipinski definition) is 2.